The third-order valence-corrected chi connectivity index (χ3v) is 4.87. The molecule has 2 aromatic carbocycles. The van der Waals surface area contributed by atoms with Gasteiger partial charge in [0.25, 0.3) is 5.91 Å². The highest BCUT2D eigenvalue weighted by molar-refractivity contribution is 6.04. The molecule has 6 nitrogen and oxygen atoms in total. The monoisotopic (exact) mass is 373 g/mol. The van der Waals surface area contributed by atoms with Crippen LogP contribution in [0.5, 0.6) is 5.75 Å². The van der Waals surface area contributed by atoms with Crippen LogP contribution in [0.1, 0.15) is 44.3 Å². The normalized spacial score (nSPS) is 15.6. The molecule has 1 aliphatic rings. The van der Waals surface area contributed by atoms with E-state index in [4.69, 9.17) is 4.74 Å². The Morgan fingerprint density at radius 1 is 1.11 bits per heavy atom. The summed E-state index contributed by atoms with van der Waals surface area (Å²) < 4.78 is 5.15. The Bertz CT molecular complexity index is 1030. The maximum Gasteiger partial charge on any atom is 0.258 e. The molecule has 140 valence electrons. The molecule has 1 heterocycles. The van der Waals surface area contributed by atoms with Gasteiger partial charge in [-0.25, -0.2) is 9.97 Å². The predicted molar refractivity (Wildman–Crippen MR) is 105 cm³/mol. The van der Waals surface area contributed by atoms with Gasteiger partial charge in [0.15, 0.2) is 5.78 Å². The quantitative estimate of drug-likeness (QED) is 0.755. The van der Waals surface area contributed by atoms with Crippen LogP contribution in [-0.4, -0.2) is 28.8 Å². The largest absolute Gasteiger partial charge is 0.497 e. The zero-order valence-corrected chi connectivity index (χ0v) is 15.4. The number of rotatable bonds is 4. The maximum atomic E-state index is 12.5. The zero-order chi connectivity index (χ0) is 19.5. The van der Waals surface area contributed by atoms with Crippen LogP contribution >= 0.6 is 0 Å². The summed E-state index contributed by atoms with van der Waals surface area (Å²) in [5.41, 5.74) is 2.76. The van der Waals surface area contributed by atoms with Crippen molar-refractivity contribution in [2.24, 2.45) is 0 Å². The number of ether oxygens (including phenoxy) is 1. The minimum Gasteiger partial charge on any atom is -0.497 e. The number of nitrogens with zero attached hydrogens (tertiary/aromatic N) is 2. The summed E-state index contributed by atoms with van der Waals surface area (Å²) in [5.74, 6) is 0.558. The summed E-state index contributed by atoms with van der Waals surface area (Å²) in [6.45, 7) is 0. The van der Waals surface area contributed by atoms with E-state index in [1.807, 2.05) is 30.3 Å². The summed E-state index contributed by atoms with van der Waals surface area (Å²) in [5, 5.41) is 2.70. The third-order valence-electron chi connectivity index (χ3n) is 4.87. The van der Waals surface area contributed by atoms with Gasteiger partial charge in [-0.3, -0.25) is 14.9 Å². The topological polar surface area (TPSA) is 81.2 Å². The summed E-state index contributed by atoms with van der Waals surface area (Å²) in [7, 11) is 1.55. The van der Waals surface area contributed by atoms with E-state index in [0.717, 1.165) is 5.56 Å². The van der Waals surface area contributed by atoms with Crippen molar-refractivity contribution in [3.63, 3.8) is 0 Å². The number of nitrogens with one attached hydrogen (secondary N) is 1. The Morgan fingerprint density at radius 3 is 2.71 bits per heavy atom. The molecule has 1 aliphatic carbocycles. The molecular weight excluding hydrogens is 354 g/mol. The molecule has 4 rings (SSSR count). The Morgan fingerprint density at radius 2 is 1.93 bits per heavy atom. The van der Waals surface area contributed by atoms with Crippen molar-refractivity contribution in [3.05, 3.63) is 83.2 Å². The number of hydrogen-bond acceptors (Lipinski definition) is 5. The first-order chi connectivity index (χ1) is 13.6. The summed E-state index contributed by atoms with van der Waals surface area (Å²) in [6.07, 6.45) is 2.58. The summed E-state index contributed by atoms with van der Waals surface area (Å²) in [4.78, 5) is 33.6. The molecule has 0 saturated heterocycles. The van der Waals surface area contributed by atoms with Crippen molar-refractivity contribution in [1.29, 1.82) is 0 Å². The lowest BCUT2D eigenvalue weighted by atomic mass is 9.82. The average Bonchev–Trinajstić information content (AvgIpc) is 2.74. The molecule has 1 N–H and O–H groups in total. The highest BCUT2D eigenvalue weighted by Crippen LogP contribution is 2.31. The molecule has 28 heavy (non-hydrogen) atoms. The van der Waals surface area contributed by atoms with Crippen LogP contribution in [0, 0.1) is 0 Å². The van der Waals surface area contributed by atoms with Gasteiger partial charge in [-0.2, -0.15) is 0 Å². The van der Waals surface area contributed by atoms with Crippen LogP contribution in [-0.2, 0) is 6.42 Å². The molecule has 0 fully saturated rings. The number of aromatic nitrogens is 2. The van der Waals surface area contributed by atoms with Crippen molar-refractivity contribution in [3.8, 4) is 5.75 Å². The van der Waals surface area contributed by atoms with Crippen molar-refractivity contribution in [2.75, 3.05) is 12.4 Å². The number of Topliss-reactive ketones (excluding diaryl/α,β-unsaturated/α-hetero) is 1. The average molecular weight is 373 g/mol. The Hall–Kier alpha value is -3.54. The molecule has 0 spiro atoms. The minimum absolute atomic E-state index is 0.0285. The molecule has 1 atom stereocenters. The van der Waals surface area contributed by atoms with Gasteiger partial charge in [0.1, 0.15) is 5.75 Å². The van der Waals surface area contributed by atoms with Crippen LogP contribution in [0.3, 0.4) is 0 Å². The van der Waals surface area contributed by atoms with E-state index in [0.29, 0.717) is 35.4 Å². The van der Waals surface area contributed by atoms with E-state index in [9.17, 15) is 9.59 Å². The number of benzene rings is 2. The first-order valence-corrected chi connectivity index (χ1v) is 9.03. The van der Waals surface area contributed by atoms with Crippen LogP contribution in [0.15, 0.2) is 60.8 Å². The number of fused-ring (bicyclic) bond motifs is 1. The smallest absolute Gasteiger partial charge is 0.258 e. The second kappa shape index (κ2) is 7.60. The molecule has 1 amide bonds. The van der Waals surface area contributed by atoms with E-state index in [2.05, 4.69) is 15.3 Å². The standard InChI is InChI=1S/C22H19N3O3/c1-28-17-9-5-8-15(10-17)21(27)25-22-23-13-18-19(24-22)11-16(12-20(18)26)14-6-3-2-4-7-14/h2-10,13,16H,11-12H2,1H3,(H,23,24,25,27)/t16-/m1/s1. The predicted octanol–water partition coefficient (Wildman–Crippen LogP) is 3.65. The lowest BCUT2D eigenvalue weighted by Gasteiger charge is -2.23. The fraction of sp³-hybridized carbons (Fsp3) is 0.182. The van der Waals surface area contributed by atoms with Gasteiger partial charge in [-0.15, -0.1) is 0 Å². The van der Waals surface area contributed by atoms with Crippen molar-refractivity contribution in [2.45, 2.75) is 18.8 Å². The van der Waals surface area contributed by atoms with Gasteiger partial charge < -0.3 is 4.74 Å². The van der Waals surface area contributed by atoms with E-state index in [1.165, 1.54) is 6.20 Å². The number of carbonyl (C=O) groups is 2. The second-order valence-electron chi connectivity index (χ2n) is 6.68. The van der Waals surface area contributed by atoms with E-state index < -0.39 is 0 Å². The van der Waals surface area contributed by atoms with Crippen molar-refractivity contribution >= 4 is 17.6 Å². The Balaban J connectivity index is 1.56. The number of anilines is 1. The van der Waals surface area contributed by atoms with E-state index in [1.54, 1.807) is 31.4 Å². The molecule has 1 aromatic heterocycles. The van der Waals surface area contributed by atoms with Gasteiger partial charge in [-0.1, -0.05) is 36.4 Å². The first-order valence-electron chi connectivity index (χ1n) is 9.03. The van der Waals surface area contributed by atoms with E-state index >= 15 is 0 Å². The van der Waals surface area contributed by atoms with Gasteiger partial charge in [0, 0.05) is 18.2 Å². The Labute approximate surface area is 162 Å². The van der Waals surface area contributed by atoms with Gasteiger partial charge in [-0.05, 0) is 36.1 Å². The Kier molecular flexibility index (Phi) is 4.85. The van der Waals surface area contributed by atoms with Gasteiger partial charge in [0.05, 0.1) is 18.4 Å². The van der Waals surface area contributed by atoms with Crippen LogP contribution in [0.2, 0.25) is 0 Å². The number of ketones is 1. The molecule has 3 aromatic rings. The summed E-state index contributed by atoms with van der Waals surface area (Å²) >= 11 is 0. The summed E-state index contributed by atoms with van der Waals surface area (Å²) in [6, 6.07) is 16.8. The fourth-order valence-corrected chi connectivity index (χ4v) is 3.40. The molecule has 0 aliphatic heterocycles. The fourth-order valence-electron chi connectivity index (χ4n) is 3.40. The molecule has 0 unspecified atom stereocenters. The number of hydrogen-bond donors (Lipinski definition) is 1. The highest BCUT2D eigenvalue weighted by atomic mass is 16.5. The molecule has 0 bridgehead atoms. The first kappa shape index (κ1) is 17.9. The highest BCUT2D eigenvalue weighted by Gasteiger charge is 2.28. The zero-order valence-electron chi connectivity index (χ0n) is 15.4. The van der Waals surface area contributed by atoms with Crippen molar-refractivity contribution < 1.29 is 14.3 Å². The van der Waals surface area contributed by atoms with Gasteiger partial charge in [0.2, 0.25) is 5.95 Å². The number of amides is 1. The number of carbonyl (C=O) groups excluding carboxylic acids is 2. The molecule has 0 radical (unpaired) electrons. The van der Waals surface area contributed by atoms with Crippen LogP contribution < -0.4 is 10.1 Å². The lowest BCUT2D eigenvalue weighted by Crippen LogP contribution is -2.22. The number of methoxy groups -OCH3 is 1. The maximum absolute atomic E-state index is 12.5. The third kappa shape index (κ3) is 3.62. The van der Waals surface area contributed by atoms with Crippen molar-refractivity contribution in [1.82, 2.24) is 9.97 Å². The van der Waals surface area contributed by atoms with Crippen LogP contribution in [0.25, 0.3) is 0 Å². The molecule has 6 heteroatoms. The molecular formula is C22H19N3O3. The second-order valence-corrected chi connectivity index (χ2v) is 6.68. The van der Waals surface area contributed by atoms with Gasteiger partial charge >= 0.3 is 0 Å². The SMILES string of the molecule is COc1cccc(C(=O)Nc2ncc3c(n2)C[C@@H](c2ccccc2)CC3=O)c1. The molecule has 0 saturated carbocycles. The van der Waals surface area contributed by atoms with E-state index in [-0.39, 0.29) is 23.6 Å². The lowest BCUT2D eigenvalue weighted by molar-refractivity contribution is 0.0962. The van der Waals surface area contributed by atoms with Crippen LogP contribution in [0.4, 0.5) is 5.95 Å². The minimum atomic E-state index is -0.333.